The molecule has 0 aromatic rings. The molecule has 1 aliphatic heterocycles. The quantitative estimate of drug-likeness (QED) is 0.327. The van der Waals surface area contributed by atoms with Gasteiger partial charge >= 0.3 is 0 Å². The lowest BCUT2D eigenvalue weighted by atomic mass is 9.99. The van der Waals surface area contributed by atoms with Crippen molar-refractivity contribution in [3.63, 3.8) is 0 Å². The van der Waals surface area contributed by atoms with Crippen LogP contribution in [-0.4, -0.2) is 69.1 Å². The third-order valence-electron chi connectivity index (χ3n) is 2.18. The molecular weight excluding hydrogens is 208 g/mol. The molecule has 0 saturated carbocycles. The predicted octanol–water partition coefficient (Wildman–Crippen LogP) is -2.86. The van der Waals surface area contributed by atoms with Gasteiger partial charge in [0, 0.05) is 0 Å². The van der Waals surface area contributed by atoms with Gasteiger partial charge in [-0.25, -0.2) is 0 Å². The Kier molecular flexibility index (Phi) is 4.41. The lowest BCUT2D eigenvalue weighted by Gasteiger charge is -2.39. The first-order chi connectivity index (χ1) is 6.97. The second kappa shape index (κ2) is 5.17. The van der Waals surface area contributed by atoms with Crippen LogP contribution in [0.1, 0.15) is 6.92 Å². The number of hydrogen-bond acceptors (Lipinski definition) is 7. The van der Waals surface area contributed by atoms with Crippen LogP contribution in [0.3, 0.4) is 0 Å². The lowest BCUT2D eigenvalue weighted by Crippen LogP contribution is -2.59. The normalized spacial score (nSPS) is 44.0. The van der Waals surface area contributed by atoms with Gasteiger partial charge in [0.15, 0.2) is 12.6 Å². The van der Waals surface area contributed by atoms with Crippen molar-refractivity contribution in [2.45, 2.75) is 43.9 Å². The molecule has 0 aromatic heterocycles. The summed E-state index contributed by atoms with van der Waals surface area (Å²) in [6, 6.07) is 0. The molecule has 2 unspecified atom stereocenters. The van der Waals surface area contributed by atoms with Gasteiger partial charge in [-0.1, -0.05) is 0 Å². The average molecular weight is 224 g/mol. The Hall–Kier alpha value is -0.280. The van der Waals surface area contributed by atoms with Gasteiger partial charge in [-0.15, -0.1) is 0 Å². The Labute approximate surface area is 86.5 Å². The van der Waals surface area contributed by atoms with Gasteiger partial charge in [-0.2, -0.15) is 0 Å². The maximum Gasteiger partial charge on any atom is 0.189 e. The molecule has 0 aromatic carbocycles. The topological polar surface area (TPSA) is 120 Å². The maximum atomic E-state index is 9.42. The van der Waals surface area contributed by atoms with E-state index in [9.17, 15) is 15.3 Å². The van der Waals surface area contributed by atoms with Crippen LogP contribution in [0.5, 0.6) is 0 Å². The fraction of sp³-hybridized carbons (Fsp3) is 1.00. The van der Waals surface area contributed by atoms with Crippen LogP contribution in [0, 0.1) is 0 Å². The van der Waals surface area contributed by atoms with Gasteiger partial charge in [-0.05, 0) is 6.92 Å². The molecule has 15 heavy (non-hydrogen) atoms. The van der Waals surface area contributed by atoms with E-state index in [1.54, 1.807) is 0 Å². The molecule has 0 amide bonds. The minimum absolute atomic E-state index is 0.523. The van der Waals surface area contributed by atoms with Crippen molar-refractivity contribution in [3.8, 4) is 0 Å². The third-order valence-corrected chi connectivity index (χ3v) is 2.18. The summed E-state index contributed by atoms with van der Waals surface area (Å²) in [5.41, 5.74) is 0. The van der Waals surface area contributed by atoms with Gasteiger partial charge < -0.3 is 35.0 Å². The molecule has 1 aliphatic rings. The highest BCUT2D eigenvalue weighted by molar-refractivity contribution is 4.88. The number of aliphatic hydroxyl groups excluding tert-OH is 5. The minimum atomic E-state index is -1.49. The van der Waals surface area contributed by atoms with Gasteiger partial charge in [0.05, 0.1) is 6.61 Å². The SMILES string of the molecule is CC(O)OC1O[C@H](CO)[C@@H](O)[C@H](O)[C@@H]1O. The van der Waals surface area contributed by atoms with E-state index in [1.165, 1.54) is 6.92 Å². The van der Waals surface area contributed by atoms with E-state index < -0.39 is 43.6 Å². The second-order valence-corrected chi connectivity index (χ2v) is 3.43. The summed E-state index contributed by atoms with van der Waals surface area (Å²) in [5.74, 6) is 0. The molecule has 6 atom stereocenters. The van der Waals surface area contributed by atoms with Gasteiger partial charge in [0.2, 0.25) is 0 Å². The van der Waals surface area contributed by atoms with E-state index in [0.29, 0.717) is 0 Å². The maximum absolute atomic E-state index is 9.42. The van der Waals surface area contributed by atoms with E-state index >= 15 is 0 Å². The fourth-order valence-corrected chi connectivity index (χ4v) is 1.37. The van der Waals surface area contributed by atoms with Crippen LogP contribution in [0.25, 0.3) is 0 Å². The first-order valence-electron chi connectivity index (χ1n) is 4.61. The van der Waals surface area contributed by atoms with Gasteiger partial charge in [-0.3, -0.25) is 0 Å². The molecule has 7 heteroatoms. The Balaban J connectivity index is 2.65. The second-order valence-electron chi connectivity index (χ2n) is 3.43. The van der Waals surface area contributed by atoms with E-state index in [4.69, 9.17) is 19.7 Å². The number of hydrogen-bond donors (Lipinski definition) is 5. The minimum Gasteiger partial charge on any atom is -0.394 e. The van der Waals surface area contributed by atoms with Crippen molar-refractivity contribution in [2.24, 2.45) is 0 Å². The summed E-state index contributed by atoms with van der Waals surface area (Å²) in [7, 11) is 0. The first kappa shape index (κ1) is 12.8. The Morgan fingerprint density at radius 2 is 1.80 bits per heavy atom. The highest BCUT2D eigenvalue weighted by atomic mass is 16.7. The molecule has 5 N–H and O–H groups in total. The molecule has 1 saturated heterocycles. The van der Waals surface area contributed by atoms with Crippen LogP contribution in [0.15, 0.2) is 0 Å². The van der Waals surface area contributed by atoms with Crippen molar-refractivity contribution >= 4 is 0 Å². The highest BCUT2D eigenvalue weighted by Crippen LogP contribution is 2.22. The van der Waals surface area contributed by atoms with Crippen LogP contribution in [0.4, 0.5) is 0 Å². The van der Waals surface area contributed by atoms with Gasteiger partial charge in [0.1, 0.15) is 24.4 Å². The van der Waals surface area contributed by atoms with Gasteiger partial charge in [0.25, 0.3) is 0 Å². The highest BCUT2D eigenvalue weighted by Gasteiger charge is 2.44. The smallest absolute Gasteiger partial charge is 0.189 e. The molecule has 7 nitrogen and oxygen atoms in total. The number of rotatable bonds is 3. The van der Waals surface area contributed by atoms with Crippen LogP contribution in [0.2, 0.25) is 0 Å². The molecule has 1 heterocycles. The summed E-state index contributed by atoms with van der Waals surface area (Å²) in [6.45, 7) is 0.784. The Morgan fingerprint density at radius 3 is 2.27 bits per heavy atom. The van der Waals surface area contributed by atoms with Crippen LogP contribution < -0.4 is 0 Å². The number of aliphatic hydroxyl groups is 5. The van der Waals surface area contributed by atoms with Crippen LogP contribution in [-0.2, 0) is 9.47 Å². The molecule has 90 valence electrons. The Morgan fingerprint density at radius 1 is 1.20 bits per heavy atom. The molecule has 0 radical (unpaired) electrons. The monoisotopic (exact) mass is 224 g/mol. The summed E-state index contributed by atoms with van der Waals surface area (Å²) >= 11 is 0. The molecule has 0 aliphatic carbocycles. The van der Waals surface area contributed by atoms with E-state index in [1.807, 2.05) is 0 Å². The van der Waals surface area contributed by atoms with E-state index in [-0.39, 0.29) is 0 Å². The van der Waals surface area contributed by atoms with Crippen molar-refractivity contribution in [1.82, 2.24) is 0 Å². The van der Waals surface area contributed by atoms with E-state index in [2.05, 4.69) is 0 Å². The van der Waals surface area contributed by atoms with Crippen molar-refractivity contribution in [3.05, 3.63) is 0 Å². The van der Waals surface area contributed by atoms with Crippen LogP contribution >= 0.6 is 0 Å². The zero-order chi connectivity index (χ0) is 11.6. The lowest BCUT2D eigenvalue weighted by molar-refractivity contribution is -0.328. The fourth-order valence-electron chi connectivity index (χ4n) is 1.37. The largest absolute Gasteiger partial charge is 0.394 e. The zero-order valence-electron chi connectivity index (χ0n) is 8.22. The molecule has 0 spiro atoms. The van der Waals surface area contributed by atoms with Crippen molar-refractivity contribution in [2.75, 3.05) is 6.61 Å². The van der Waals surface area contributed by atoms with E-state index in [0.717, 1.165) is 0 Å². The third kappa shape index (κ3) is 2.85. The standard InChI is InChI=1S/C8H16O7/c1-3(10)14-8-7(13)6(12)5(11)4(2-9)15-8/h3-13H,2H2,1H3/t3?,4-,5-,6+,7+,8?/m1/s1. The summed E-state index contributed by atoms with van der Waals surface area (Å²) < 4.78 is 9.70. The zero-order valence-corrected chi connectivity index (χ0v) is 8.22. The molecule has 0 bridgehead atoms. The first-order valence-corrected chi connectivity index (χ1v) is 4.61. The van der Waals surface area contributed by atoms with Crippen molar-refractivity contribution in [1.29, 1.82) is 0 Å². The Bertz CT molecular complexity index is 195. The van der Waals surface area contributed by atoms with Crippen molar-refractivity contribution < 1.29 is 35.0 Å². The molecular formula is C8H16O7. The summed E-state index contributed by atoms with van der Waals surface area (Å²) in [4.78, 5) is 0. The molecule has 1 fully saturated rings. The number of ether oxygens (including phenoxy) is 2. The molecule has 1 rings (SSSR count). The summed E-state index contributed by atoms with van der Waals surface area (Å²) in [6.07, 6.45) is -7.87. The predicted molar refractivity (Wildman–Crippen MR) is 46.5 cm³/mol. The summed E-state index contributed by atoms with van der Waals surface area (Å²) in [5, 5.41) is 45.9. The average Bonchev–Trinajstić information content (AvgIpc) is 2.18.